The van der Waals surface area contributed by atoms with Crippen LogP contribution in [0.4, 0.5) is 0 Å². The molecule has 0 bridgehead atoms. The van der Waals surface area contributed by atoms with Gasteiger partial charge in [-0.2, -0.15) is 0 Å². The van der Waals surface area contributed by atoms with E-state index in [9.17, 15) is 5.11 Å². The number of aliphatic hydroxyl groups excluding tert-OH is 1. The van der Waals surface area contributed by atoms with E-state index in [0.717, 1.165) is 17.5 Å². The molecule has 2 heteroatoms. The molecular weight excluding hydrogens is 164 g/mol. The Hall–Kier alpha value is -1.02. The fraction of sp³-hybridized carbons (Fsp3) is 0.455. The van der Waals surface area contributed by atoms with E-state index in [1.807, 2.05) is 19.1 Å². The van der Waals surface area contributed by atoms with Gasteiger partial charge in [0.1, 0.15) is 5.75 Å². The highest BCUT2D eigenvalue weighted by Gasteiger charge is 2.03. The molecule has 1 aromatic rings. The first-order chi connectivity index (χ1) is 6.09. The molecule has 0 saturated heterocycles. The molecule has 0 aliphatic rings. The van der Waals surface area contributed by atoms with Crippen molar-refractivity contribution in [3.8, 4) is 5.75 Å². The Balaban J connectivity index is 2.70. The summed E-state index contributed by atoms with van der Waals surface area (Å²) in [4.78, 5) is 0. The van der Waals surface area contributed by atoms with Gasteiger partial charge in [-0.05, 0) is 38.3 Å². The van der Waals surface area contributed by atoms with E-state index in [1.165, 1.54) is 0 Å². The van der Waals surface area contributed by atoms with Crippen molar-refractivity contribution in [2.45, 2.75) is 32.8 Å². The molecule has 0 aliphatic carbocycles. The van der Waals surface area contributed by atoms with Crippen molar-refractivity contribution < 1.29 is 10.2 Å². The number of phenolic OH excluding ortho intramolecular Hbond substituents is 1. The van der Waals surface area contributed by atoms with E-state index in [1.54, 1.807) is 13.0 Å². The molecule has 1 atom stereocenters. The Morgan fingerprint density at radius 1 is 1.38 bits per heavy atom. The van der Waals surface area contributed by atoms with Crippen LogP contribution in [0.5, 0.6) is 5.75 Å². The van der Waals surface area contributed by atoms with Crippen molar-refractivity contribution in [2.75, 3.05) is 0 Å². The summed E-state index contributed by atoms with van der Waals surface area (Å²) in [5, 5.41) is 18.6. The number of phenols is 1. The zero-order chi connectivity index (χ0) is 9.84. The summed E-state index contributed by atoms with van der Waals surface area (Å²) in [5.41, 5.74) is 2.05. The van der Waals surface area contributed by atoms with Crippen LogP contribution in [0.2, 0.25) is 0 Å². The quantitative estimate of drug-likeness (QED) is 0.747. The van der Waals surface area contributed by atoms with Gasteiger partial charge in [0.2, 0.25) is 0 Å². The second kappa shape index (κ2) is 4.28. The van der Waals surface area contributed by atoms with E-state index in [4.69, 9.17) is 5.11 Å². The maximum absolute atomic E-state index is 9.47. The second-order valence-corrected chi connectivity index (χ2v) is 3.52. The summed E-state index contributed by atoms with van der Waals surface area (Å²) < 4.78 is 0. The first-order valence-corrected chi connectivity index (χ1v) is 4.56. The standard InChI is InChI=1S/C11H16O2/c1-8-3-6-11(13)10(7-8)5-4-9(2)12/h3,6-7,9,12-13H,4-5H2,1-2H3/t9-/m1/s1. The van der Waals surface area contributed by atoms with Gasteiger partial charge in [-0.15, -0.1) is 0 Å². The van der Waals surface area contributed by atoms with Gasteiger partial charge >= 0.3 is 0 Å². The summed E-state index contributed by atoms with van der Waals surface area (Å²) in [6.45, 7) is 3.75. The maximum Gasteiger partial charge on any atom is 0.118 e. The van der Waals surface area contributed by atoms with Crippen LogP contribution in [0.25, 0.3) is 0 Å². The molecule has 72 valence electrons. The molecule has 0 spiro atoms. The van der Waals surface area contributed by atoms with Crippen molar-refractivity contribution in [3.63, 3.8) is 0 Å². The van der Waals surface area contributed by atoms with Crippen molar-refractivity contribution >= 4 is 0 Å². The highest BCUT2D eigenvalue weighted by atomic mass is 16.3. The molecule has 0 aliphatic heterocycles. The molecule has 1 aromatic carbocycles. The first-order valence-electron chi connectivity index (χ1n) is 4.56. The van der Waals surface area contributed by atoms with Gasteiger partial charge in [-0.25, -0.2) is 0 Å². The monoisotopic (exact) mass is 180 g/mol. The largest absolute Gasteiger partial charge is 0.508 e. The zero-order valence-corrected chi connectivity index (χ0v) is 8.12. The van der Waals surface area contributed by atoms with Crippen LogP contribution in [0.1, 0.15) is 24.5 Å². The molecule has 0 unspecified atom stereocenters. The Labute approximate surface area is 78.8 Å². The molecule has 2 nitrogen and oxygen atoms in total. The molecule has 13 heavy (non-hydrogen) atoms. The van der Waals surface area contributed by atoms with Crippen LogP contribution in [-0.2, 0) is 6.42 Å². The van der Waals surface area contributed by atoms with Crippen LogP contribution in [0.3, 0.4) is 0 Å². The van der Waals surface area contributed by atoms with Crippen molar-refractivity contribution in [1.29, 1.82) is 0 Å². The SMILES string of the molecule is Cc1ccc(O)c(CC[C@@H](C)O)c1. The number of aromatic hydroxyl groups is 1. The fourth-order valence-electron chi connectivity index (χ4n) is 1.28. The van der Waals surface area contributed by atoms with E-state index >= 15 is 0 Å². The van der Waals surface area contributed by atoms with Crippen molar-refractivity contribution in [3.05, 3.63) is 29.3 Å². The van der Waals surface area contributed by atoms with E-state index in [-0.39, 0.29) is 6.10 Å². The van der Waals surface area contributed by atoms with Gasteiger partial charge in [0.05, 0.1) is 6.10 Å². The fourth-order valence-corrected chi connectivity index (χ4v) is 1.28. The summed E-state index contributed by atoms with van der Waals surface area (Å²) >= 11 is 0. The van der Waals surface area contributed by atoms with Gasteiger partial charge in [0.15, 0.2) is 0 Å². The van der Waals surface area contributed by atoms with Gasteiger partial charge in [-0.1, -0.05) is 17.7 Å². The average molecular weight is 180 g/mol. The number of hydrogen-bond donors (Lipinski definition) is 2. The topological polar surface area (TPSA) is 40.5 Å². The van der Waals surface area contributed by atoms with E-state index in [2.05, 4.69) is 0 Å². The minimum Gasteiger partial charge on any atom is -0.508 e. The summed E-state index contributed by atoms with van der Waals surface area (Å²) in [6, 6.07) is 5.53. The van der Waals surface area contributed by atoms with Crippen molar-refractivity contribution in [2.24, 2.45) is 0 Å². The minimum atomic E-state index is -0.306. The smallest absolute Gasteiger partial charge is 0.118 e. The van der Waals surface area contributed by atoms with Gasteiger partial charge in [0.25, 0.3) is 0 Å². The Morgan fingerprint density at radius 2 is 2.08 bits per heavy atom. The third kappa shape index (κ3) is 3.07. The number of hydrogen-bond acceptors (Lipinski definition) is 2. The Kier molecular flexibility index (Phi) is 3.32. The third-order valence-corrected chi connectivity index (χ3v) is 2.07. The lowest BCUT2D eigenvalue weighted by molar-refractivity contribution is 0.184. The zero-order valence-electron chi connectivity index (χ0n) is 8.12. The number of rotatable bonds is 3. The van der Waals surface area contributed by atoms with E-state index < -0.39 is 0 Å². The van der Waals surface area contributed by atoms with Crippen LogP contribution < -0.4 is 0 Å². The molecule has 1 rings (SSSR count). The molecule has 0 heterocycles. The molecule has 2 N–H and O–H groups in total. The lowest BCUT2D eigenvalue weighted by Crippen LogP contribution is -2.01. The van der Waals surface area contributed by atoms with Crippen LogP contribution >= 0.6 is 0 Å². The molecule has 0 amide bonds. The highest BCUT2D eigenvalue weighted by molar-refractivity contribution is 5.35. The molecule has 0 aromatic heterocycles. The lowest BCUT2D eigenvalue weighted by atomic mass is 10.0. The van der Waals surface area contributed by atoms with E-state index in [0.29, 0.717) is 12.2 Å². The average Bonchev–Trinajstić information content (AvgIpc) is 2.06. The minimum absolute atomic E-state index is 0.306. The second-order valence-electron chi connectivity index (χ2n) is 3.52. The molecule has 0 radical (unpaired) electrons. The van der Waals surface area contributed by atoms with Crippen molar-refractivity contribution in [1.82, 2.24) is 0 Å². The van der Waals surface area contributed by atoms with Crippen LogP contribution in [-0.4, -0.2) is 16.3 Å². The summed E-state index contributed by atoms with van der Waals surface area (Å²) in [5.74, 6) is 0.325. The number of aryl methyl sites for hydroxylation is 2. The van der Waals surface area contributed by atoms with Crippen LogP contribution in [0, 0.1) is 6.92 Å². The maximum atomic E-state index is 9.47. The predicted octanol–water partition coefficient (Wildman–Crippen LogP) is 2.01. The Bertz CT molecular complexity index is 279. The normalized spacial score (nSPS) is 12.8. The summed E-state index contributed by atoms with van der Waals surface area (Å²) in [6.07, 6.45) is 1.11. The first kappa shape index (κ1) is 10.1. The van der Waals surface area contributed by atoms with Gasteiger partial charge < -0.3 is 10.2 Å². The summed E-state index contributed by atoms with van der Waals surface area (Å²) in [7, 11) is 0. The molecular formula is C11H16O2. The Morgan fingerprint density at radius 3 is 2.69 bits per heavy atom. The third-order valence-electron chi connectivity index (χ3n) is 2.07. The lowest BCUT2D eigenvalue weighted by Gasteiger charge is -2.07. The number of aliphatic hydroxyl groups is 1. The van der Waals surface area contributed by atoms with Gasteiger partial charge in [0, 0.05) is 0 Å². The van der Waals surface area contributed by atoms with Crippen LogP contribution in [0.15, 0.2) is 18.2 Å². The predicted molar refractivity (Wildman–Crippen MR) is 52.8 cm³/mol. The number of benzene rings is 1. The highest BCUT2D eigenvalue weighted by Crippen LogP contribution is 2.20. The molecule has 0 fully saturated rings. The molecule has 0 saturated carbocycles. The van der Waals surface area contributed by atoms with Gasteiger partial charge in [-0.3, -0.25) is 0 Å².